The van der Waals surface area contributed by atoms with Crippen molar-refractivity contribution in [2.45, 2.75) is 44.1 Å². The van der Waals surface area contributed by atoms with E-state index in [1.807, 2.05) is 12.5 Å². The summed E-state index contributed by atoms with van der Waals surface area (Å²) in [6, 6.07) is 0.242. The van der Waals surface area contributed by atoms with Crippen LogP contribution >= 0.6 is 0 Å². The summed E-state index contributed by atoms with van der Waals surface area (Å²) in [4.78, 5) is 6.77. The van der Waals surface area contributed by atoms with Crippen LogP contribution in [0.25, 0.3) is 0 Å². The molecule has 0 aromatic carbocycles. The van der Waals surface area contributed by atoms with E-state index in [4.69, 9.17) is 10.5 Å². The molecular formula is C17H30N4O. The summed E-state index contributed by atoms with van der Waals surface area (Å²) < 4.78 is 7.54. The Balaban J connectivity index is 1.38. The van der Waals surface area contributed by atoms with Gasteiger partial charge in [-0.15, -0.1) is 0 Å². The van der Waals surface area contributed by atoms with E-state index >= 15 is 0 Å². The first-order chi connectivity index (χ1) is 10.7. The van der Waals surface area contributed by atoms with Crippen molar-refractivity contribution in [3.05, 3.63) is 18.2 Å². The second kappa shape index (κ2) is 7.57. The Morgan fingerprint density at radius 3 is 2.82 bits per heavy atom. The molecule has 22 heavy (non-hydrogen) atoms. The van der Waals surface area contributed by atoms with E-state index in [2.05, 4.69) is 21.5 Å². The van der Waals surface area contributed by atoms with Crippen LogP contribution in [0.5, 0.6) is 0 Å². The van der Waals surface area contributed by atoms with Gasteiger partial charge in [-0.3, -0.25) is 0 Å². The van der Waals surface area contributed by atoms with E-state index in [0.29, 0.717) is 5.92 Å². The first-order valence-corrected chi connectivity index (χ1v) is 8.76. The van der Waals surface area contributed by atoms with Gasteiger partial charge in [-0.25, -0.2) is 4.98 Å². The van der Waals surface area contributed by atoms with E-state index in [1.54, 1.807) is 0 Å². The topological polar surface area (TPSA) is 56.3 Å². The molecule has 1 aromatic rings. The molecule has 2 aliphatic rings. The van der Waals surface area contributed by atoms with E-state index in [9.17, 15) is 0 Å². The molecule has 3 rings (SSSR count). The standard InChI is InChI=1S/C17H30N4O/c1-20-13-19-10-17(20)15-11-21(12-16(15)18)7-3-2-4-14-5-8-22-9-6-14/h10,13-16H,2-9,11-12,18H2,1H3/t15-,16-/m1/s1. The highest BCUT2D eigenvalue weighted by molar-refractivity contribution is 5.13. The van der Waals surface area contributed by atoms with Gasteiger partial charge in [0.05, 0.1) is 6.33 Å². The molecule has 0 unspecified atom stereocenters. The van der Waals surface area contributed by atoms with Crippen LogP contribution in [0.2, 0.25) is 0 Å². The molecular weight excluding hydrogens is 276 g/mol. The van der Waals surface area contributed by atoms with E-state index in [1.165, 1.54) is 44.3 Å². The highest BCUT2D eigenvalue weighted by Gasteiger charge is 2.32. The van der Waals surface area contributed by atoms with Crippen LogP contribution in [0.4, 0.5) is 0 Å². The fourth-order valence-corrected chi connectivity index (χ4v) is 3.94. The Morgan fingerprint density at radius 2 is 2.09 bits per heavy atom. The maximum Gasteiger partial charge on any atom is 0.0945 e. The molecule has 124 valence electrons. The molecule has 2 fully saturated rings. The summed E-state index contributed by atoms with van der Waals surface area (Å²) in [6.07, 6.45) is 10.4. The van der Waals surface area contributed by atoms with Crippen LogP contribution in [0.3, 0.4) is 0 Å². The number of nitrogens with two attached hydrogens (primary N) is 1. The van der Waals surface area contributed by atoms with Crippen LogP contribution in [-0.2, 0) is 11.8 Å². The average Bonchev–Trinajstić information content (AvgIpc) is 3.10. The van der Waals surface area contributed by atoms with Crippen molar-refractivity contribution in [1.82, 2.24) is 14.5 Å². The van der Waals surface area contributed by atoms with Gasteiger partial charge < -0.3 is 19.9 Å². The molecule has 0 saturated carbocycles. The predicted octanol–water partition coefficient (Wildman–Crippen LogP) is 1.74. The normalized spacial score (nSPS) is 27.5. The molecule has 5 heteroatoms. The van der Waals surface area contributed by atoms with Gasteiger partial charge in [-0.1, -0.05) is 12.8 Å². The Kier molecular flexibility index (Phi) is 5.50. The van der Waals surface area contributed by atoms with E-state index in [-0.39, 0.29) is 6.04 Å². The molecule has 2 aliphatic heterocycles. The number of ether oxygens (including phenoxy) is 1. The van der Waals surface area contributed by atoms with Crippen molar-refractivity contribution in [3.63, 3.8) is 0 Å². The summed E-state index contributed by atoms with van der Waals surface area (Å²) in [6.45, 7) is 5.23. The maximum atomic E-state index is 6.35. The number of nitrogens with zero attached hydrogens (tertiary/aromatic N) is 3. The number of aryl methyl sites for hydroxylation is 1. The van der Waals surface area contributed by atoms with Gasteiger partial charge in [-0.2, -0.15) is 0 Å². The van der Waals surface area contributed by atoms with Crippen molar-refractivity contribution >= 4 is 0 Å². The number of aromatic nitrogens is 2. The molecule has 2 atom stereocenters. The van der Waals surface area contributed by atoms with Gasteiger partial charge in [-0.05, 0) is 31.7 Å². The Hall–Kier alpha value is -0.910. The van der Waals surface area contributed by atoms with Gasteiger partial charge in [0.25, 0.3) is 0 Å². The van der Waals surface area contributed by atoms with Crippen molar-refractivity contribution in [3.8, 4) is 0 Å². The Bertz CT molecular complexity index is 455. The fourth-order valence-electron chi connectivity index (χ4n) is 3.94. The second-order valence-corrected chi connectivity index (χ2v) is 7.01. The summed E-state index contributed by atoms with van der Waals surface area (Å²) in [7, 11) is 2.06. The maximum absolute atomic E-state index is 6.35. The third kappa shape index (κ3) is 3.89. The largest absolute Gasteiger partial charge is 0.381 e. The number of hydrogen-bond acceptors (Lipinski definition) is 4. The zero-order chi connectivity index (χ0) is 15.4. The van der Waals surface area contributed by atoms with E-state index < -0.39 is 0 Å². The fraction of sp³-hybridized carbons (Fsp3) is 0.824. The number of likely N-dealkylation sites (tertiary alicyclic amines) is 1. The quantitative estimate of drug-likeness (QED) is 0.814. The van der Waals surface area contributed by atoms with Gasteiger partial charge >= 0.3 is 0 Å². The third-order valence-electron chi connectivity index (χ3n) is 5.35. The van der Waals surface area contributed by atoms with Crippen LogP contribution in [0.15, 0.2) is 12.5 Å². The molecule has 0 bridgehead atoms. The Labute approximate surface area is 133 Å². The highest BCUT2D eigenvalue weighted by Crippen LogP contribution is 2.26. The summed E-state index contributed by atoms with van der Waals surface area (Å²) in [5, 5.41) is 0. The minimum Gasteiger partial charge on any atom is -0.381 e. The molecule has 2 N–H and O–H groups in total. The van der Waals surface area contributed by atoms with Crippen molar-refractivity contribution in [2.75, 3.05) is 32.8 Å². The number of rotatable bonds is 6. The van der Waals surface area contributed by atoms with Crippen LogP contribution in [0.1, 0.15) is 43.7 Å². The van der Waals surface area contributed by atoms with Gasteiger partial charge in [0, 0.05) is 57.2 Å². The molecule has 2 saturated heterocycles. The molecule has 3 heterocycles. The van der Waals surface area contributed by atoms with Crippen LogP contribution < -0.4 is 5.73 Å². The lowest BCUT2D eigenvalue weighted by Gasteiger charge is -2.22. The zero-order valence-electron chi connectivity index (χ0n) is 13.8. The lowest BCUT2D eigenvalue weighted by molar-refractivity contribution is 0.0629. The average molecular weight is 306 g/mol. The molecule has 5 nitrogen and oxygen atoms in total. The minimum atomic E-state index is 0.242. The van der Waals surface area contributed by atoms with Gasteiger partial charge in [0.15, 0.2) is 0 Å². The highest BCUT2D eigenvalue weighted by atomic mass is 16.5. The van der Waals surface area contributed by atoms with Crippen molar-refractivity contribution in [2.24, 2.45) is 18.7 Å². The lowest BCUT2D eigenvalue weighted by Crippen LogP contribution is -2.29. The van der Waals surface area contributed by atoms with Crippen molar-refractivity contribution in [1.29, 1.82) is 0 Å². The summed E-state index contributed by atoms with van der Waals surface area (Å²) >= 11 is 0. The molecule has 0 spiro atoms. The summed E-state index contributed by atoms with van der Waals surface area (Å²) in [5.74, 6) is 1.33. The van der Waals surface area contributed by atoms with Crippen LogP contribution in [-0.4, -0.2) is 53.3 Å². The number of imidazole rings is 1. The van der Waals surface area contributed by atoms with Crippen LogP contribution in [0, 0.1) is 5.92 Å². The first kappa shape index (κ1) is 16.0. The molecule has 0 amide bonds. The monoisotopic (exact) mass is 306 g/mol. The second-order valence-electron chi connectivity index (χ2n) is 7.01. The predicted molar refractivity (Wildman–Crippen MR) is 87.8 cm³/mol. The SMILES string of the molecule is Cn1cncc1[C@@H]1CN(CCCCC2CCOCC2)C[C@H]1N. The number of unbranched alkanes of at least 4 members (excludes halogenated alkanes) is 1. The summed E-state index contributed by atoms with van der Waals surface area (Å²) in [5.41, 5.74) is 7.63. The third-order valence-corrected chi connectivity index (χ3v) is 5.35. The zero-order valence-corrected chi connectivity index (χ0v) is 13.8. The van der Waals surface area contributed by atoms with Gasteiger partial charge in [0.2, 0.25) is 0 Å². The van der Waals surface area contributed by atoms with E-state index in [0.717, 1.165) is 32.2 Å². The first-order valence-electron chi connectivity index (χ1n) is 8.76. The van der Waals surface area contributed by atoms with Crippen molar-refractivity contribution < 1.29 is 4.74 Å². The minimum absolute atomic E-state index is 0.242. The number of hydrogen-bond donors (Lipinski definition) is 1. The smallest absolute Gasteiger partial charge is 0.0945 e. The Morgan fingerprint density at radius 1 is 1.27 bits per heavy atom. The molecule has 0 radical (unpaired) electrons. The van der Waals surface area contributed by atoms with Gasteiger partial charge in [0.1, 0.15) is 0 Å². The molecule has 1 aromatic heterocycles. The molecule has 0 aliphatic carbocycles. The lowest BCUT2D eigenvalue weighted by atomic mass is 9.94.